The van der Waals surface area contributed by atoms with Crippen LogP contribution in [-0.2, 0) is 4.74 Å². The number of amides is 1. The Morgan fingerprint density at radius 3 is 2.82 bits per heavy atom. The van der Waals surface area contributed by atoms with Crippen molar-refractivity contribution in [2.75, 3.05) is 11.9 Å². The second kappa shape index (κ2) is 5.11. The van der Waals surface area contributed by atoms with Gasteiger partial charge in [0.05, 0.1) is 6.61 Å². The number of aromatic nitrogens is 2. The van der Waals surface area contributed by atoms with Crippen molar-refractivity contribution in [2.24, 2.45) is 0 Å². The number of nitrogens with one attached hydrogen (secondary N) is 1. The molecule has 6 heteroatoms. The van der Waals surface area contributed by atoms with E-state index in [0.717, 1.165) is 5.56 Å². The van der Waals surface area contributed by atoms with E-state index in [2.05, 4.69) is 20.3 Å². The third-order valence-corrected chi connectivity index (χ3v) is 1.93. The van der Waals surface area contributed by atoms with E-state index < -0.39 is 6.09 Å². The molecule has 0 spiro atoms. The van der Waals surface area contributed by atoms with E-state index in [1.165, 1.54) is 0 Å². The molecule has 17 heavy (non-hydrogen) atoms. The summed E-state index contributed by atoms with van der Waals surface area (Å²) in [4.78, 5) is 11.1. The van der Waals surface area contributed by atoms with Crippen LogP contribution in [0.4, 0.5) is 10.8 Å². The van der Waals surface area contributed by atoms with Gasteiger partial charge in [0.25, 0.3) is 0 Å². The molecule has 0 fully saturated rings. The first kappa shape index (κ1) is 11.1. The Balaban J connectivity index is 2.09. The molecule has 0 aliphatic carbocycles. The fraction of sp³-hybridized carbons (Fsp3) is 0.182. The van der Waals surface area contributed by atoms with E-state index in [-0.39, 0.29) is 12.6 Å². The maximum absolute atomic E-state index is 11.1. The van der Waals surface area contributed by atoms with Gasteiger partial charge in [-0.05, 0) is 19.1 Å². The van der Waals surface area contributed by atoms with Gasteiger partial charge in [-0.15, -0.1) is 5.10 Å². The highest BCUT2D eigenvalue weighted by Crippen LogP contribution is 2.18. The molecular formula is C11H11N3O3. The molecule has 1 N–H and O–H groups in total. The van der Waals surface area contributed by atoms with Crippen LogP contribution < -0.4 is 5.32 Å². The molecule has 0 radical (unpaired) electrons. The maximum atomic E-state index is 11.1. The number of benzene rings is 1. The Bertz CT molecular complexity index is 496. The average Bonchev–Trinajstić information content (AvgIpc) is 2.79. The van der Waals surface area contributed by atoms with Crippen molar-refractivity contribution in [3.63, 3.8) is 0 Å². The van der Waals surface area contributed by atoms with E-state index in [1.54, 1.807) is 6.92 Å². The summed E-state index contributed by atoms with van der Waals surface area (Å²) in [5, 5.41) is 9.83. The zero-order chi connectivity index (χ0) is 12.1. The zero-order valence-electron chi connectivity index (χ0n) is 9.21. The third-order valence-electron chi connectivity index (χ3n) is 1.93. The van der Waals surface area contributed by atoms with Gasteiger partial charge in [0, 0.05) is 5.56 Å². The number of rotatable bonds is 3. The highest BCUT2D eigenvalue weighted by atomic mass is 16.5. The summed E-state index contributed by atoms with van der Waals surface area (Å²) in [5.74, 6) is 0.345. The molecule has 2 rings (SSSR count). The van der Waals surface area contributed by atoms with Gasteiger partial charge in [-0.2, -0.15) is 0 Å². The van der Waals surface area contributed by atoms with Crippen LogP contribution in [0.2, 0.25) is 0 Å². The van der Waals surface area contributed by atoms with E-state index >= 15 is 0 Å². The first-order valence-corrected chi connectivity index (χ1v) is 5.12. The quantitative estimate of drug-likeness (QED) is 0.880. The first-order chi connectivity index (χ1) is 8.29. The molecule has 1 aromatic carbocycles. The molecule has 1 heterocycles. The van der Waals surface area contributed by atoms with Crippen molar-refractivity contribution < 1.29 is 13.9 Å². The van der Waals surface area contributed by atoms with Crippen LogP contribution in [0.5, 0.6) is 0 Å². The van der Waals surface area contributed by atoms with Gasteiger partial charge in [0.15, 0.2) is 0 Å². The maximum Gasteiger partial charge on any atom is 0.415 e. The van der Waals surface area contributed by atoms with Crippen molar-refractivity contribution in [1.82, 2.24) is 10.2 Å². The van der Waals surface area contributed by atoms with Crippen molar-refractivity contribution in [3.8, 4) is 11.5 Å². The molecule has 1 aromatic heterocycles. The molecule has 0 unspecified atom stereocenters. The summed E-state index contributed by atoms with van der Waals surface area (Å²) in [6, 6.07) is 9.29. The lowest BCUT2D eigenvalue weighted by Crippen LogP contribution is -2.13. The molecule has 2 aromatic rings. The van der Waals surface area contributed by atoms with Gasteiger partial charge in [-0.1, -0.05) is 23.3 Å². The number of anilines is 1. The normalized spacial score (nSPS) is 9.94. The smallest absolute Gasteiger partial charge is 0.415 e. The molecule has 0 bridgehead atoms. The summed E-state index contributed by atoms with van der Waals surface area (Å²) in [5.41, 5.74) is 0.789. The minimum absolute atomic E-state index is 0.0160. The summed E-state index contributed by atoms with van der Waals surface area (Å²) >= 11 is 0. The van der Waals surface area contributed by atoms with Gasteiger partial charge in [-0.25, -0.2) is 10.1 Å². The van der Waals surface area contributed by atoms with Crippen LogP contribution in [0.15, 0.2) is 34.7 Å². The summed E-state index contributed by atoms with van der Waals surface area (Å²) in [7, 11) is 0. The Hall–Kier alpha value is -2.37. The SMILES string of the molecule is CCOC(=O)Nc1nnc(-c2ccccc2)o1. The van der Waals surface area contributed by atoms with Crippen molar-refractivity contribution in [2.45, 2.75) is 6.92 Å². The Morgan fingerprint density at radius 2 is 2.12 bits per heavy atom. The standard InChI is InChI=1S/C11H11N3O3/c1-2-16-11(15)12-10-14-13-9(17-10)8-6-4-3-5-7-8/h3-7H,2H2,1H3,(H,12,14,15). The van der Waals surface area contributed by atoms with Gasteiger partial charge in [0.2, 0.25) is 5.89 Å². The predicted molar refractivity (Wildman–Crippen MR) is 60.4 cm³/mol. The summed E-state index contributed by atoms with van der Waals surface area (Å²) < 4.78 is 9.94. The number of carbonyl (C=O) groups excluding carboxylic acids is 1. The van der Waals surface area contributed by atoms with Crippen LogP contribution in [0.1, 0.15) is 6.92 Å². The summed E-state index contributed by atoms with van der Waals surface area (Å²) in [6.45, 7) is 1.99. The molecule has 0 saturated carbocycles. The first-order valence-electron chi connectivity index (χ1n) is 5.12. The number of carbonyl (C=O) groups is 1. The highest BCUT2D eigenvalue weighted by Gasteiger charge is 2.10. The number of ether oxygens (including phenoxy) is 1. The van der Waals surface area contributed by atoms with Crippen LogP contribution in [-0.4, -0.2) is 22.9 Å². The highest BCUT2D eigenvalue weighted by molar-refractivity contribution is 5.81. The van der Waals surface area contributed by atoms with Crippen molar-refractivity contribution in [1.29, 1.82) is 0 Å². The van der Waals surface area contributed by atoms with E-state index in [1.807, 2.05) is 30.3 Å². The average molecular weight is 233 g/mol. The molecule has 88 valence electrons. The van der Waals surface area contributed by atoms with Crippen LogP contribution >= 0.6 is 0 Å². The van der Waals surface area contributed by atoms with Crippen molar-refractivity contribution >= 4 is 12.1 Å². The van der Waals surface area contributed by atoms with Gasteiger partial charge >= 0.3 is 12.1 Å². The monoisotopic (exact) mass is 233 g/mol. The Morgan fingerprint density at radius 1 is 1.35 bits per heavy atom. The number of nitrogens with zero attached hydrogens (tertiary/aromatic N) is 2. The van der Waals surface area contributed by atoms with Gasteiger partial charge < -0.3 is 9.15 Å². The molecular weight excluding hydrogens is 222 g/mol. The minimum atomic E-state index is -0.615. The van der Waals surface area contributed by atoms with E-state index in [0.29, 0.717) is 5.89 Å². The Labute approximate surface area is 97.6 Å². The second-order valence-corrected chi connectivity index (χ2v) is 3.12. The number of hydrogen-bond donors (Lipinski definition) is 1. The lowest BCUT2D eigenvalue weighted by atomic mass is 10.2. The molecule has 0 aliphatic heterocycles. The second-order valence-electron chi connectivity index (χ2n) is 3.12. The lowest BCUT2D eigenvalue weighted by Gasteiger charge is -1.99. The fourth-order valence-electron chi connectivity index (χ4n) is 1.23. The Kier molecular flexibility index (Phi) is 3.34. The molecule has 6 nitrogen and oxygen atoms in total. The lowest BCUT2D eigenvalue weighted by molar-refractivity contribution is 0.167. The van der Waals surface area contributed by atoms with Crippen LogP contribution in [0, 0.1) is 0 Å². The fourth-order valence-corrected chi connectivity index (χ4v) is 1.23. The zero-order valence-corrected chi connectivity index (χ0v) is 9.21. The minimum Gasteiger partial charge on any atom is -0.450 e. The van der Waals surface area contributed by atoms with Gasteiger partial charge in [-0.3, -0.25) is 0 Å². The van der Waals surface area contributed by atoms with Crippen LogP contribution in [0.25, 0.3) is 11.5 Å². The molecule has 0 atom stereocenters. The summed E-state index contributed by atoms with van der Waals surface area (Å²) in [6.07, 6.45) is -0.615. The molecule has 0 aliphatic rings. The largest absolute Gasteiger partial charge is 0.450 e. The van der Waals surface area contributed by atoms with E-state index in [9.17, 15) is 4.79 Å². The molecule has 0 saturated heterocycles. The van der Waals surface area contributed by atoms with Gasteiger partial charge in [0.1, 0.15) is 0 Å². The van der Waals surface area contributed by atoms with Crippen LogP contribution in [0.3, 0.4) is 0 Å². The predicted octanol–water partition coefficient (Wildman–Crippen LogP) is 2.30. The van der Waals surface area contributed by atoms with E-state index in [4.69, 9.17) is 4.42 Å². The third kappa shape index (κ3) is 2.81. The van der Waals surface area contributed by atoms with Crippen molar-refractivity contribution in [3.05, 3.63) is 30.3 Å². The topological polar surface area (TPSA) is 77.2 Å². The molecule has 1 amide bonds. The number of hydrogen-bond acceptors (Lipinski definition) is 5.